The fourth-order valence-electron chi connectivity index (χ4n) is 1.94. The van der Waals surface area contributed by atoms with Gasteiger partial charge < -0.3 is 5.73 Å². The Morgan fingerprint density at radius 2 is 1.90 bits per heavy atom. The number of aromatic nitrogens is 3. The first-order valence-electron chi connectivity index (χ1n) is 6.15. The van der Waals surface area contributed by atoms with Crippen LogP contribution in [0.3, 0.4) is 0 Å². The van der Waals surface area contributed by atoms with E-state index in [1.54, 1.807) is 29.2 Å². The first kappa shape index (κ1) is 13.3. The molecule has 3 aromatic rings. The van der Waals surface area contributed by atoms with Crippen molar-refractivity contribution in [3.63, 3.8) is 0 Å². The van der Waals surface area contributed by atoms with Crippen LogP contribution in [0.25, 0.3) is 17.1 Å². The lowest BCUT2D eigenvalue weighted by atomic mass is 10.1. The number of pyridine rings is 1. The third-order valence-electron chi connectivity index (χ3n) is 2.98. The molecule has 2 heterocycles. The van der Waals surface area contributed by atoms with E-state index in [0.717, 1.165) is 10.0 Å². The average Bonchev–Trinajstić information content (AvgIpc) is 2.90. The van der Waals surface area contributed by atoms with Gasteiger partial charge in [0, 0.05) is 16.2 Å². The molecule has 0 aliphatic rings. The maximum absolute atomic E-state index is 8.82. The number of nitrogens with zero attached hydrogens (tertiary/aromatic N) is 4. The number of hydrogen-bond donors (Lipinski definition) is 1. The van der Waals surface area contributed by atoms with Crippen LogP contribution in [0.5, 0.6) is 0 Å². The van der Waals surface area contributed by atoms with E-state index < -0.39 is 0 Å². The van der Waals surface area contributed by atoms with Crippen LogP contribution in [-0.2, 0) is 0 Å². The van der Waals surface area contributed by atoms with Gasteiger partial charge in [-0.1, -0.05) is 12.1 Å². The van der Waals surface area contributed by atoms with Crippen molar-refractivity contribution in [2.45, 2.75) is 0 Å². The standard InChI is InChI=1S/C15H10BrN5/c16-12-5-6-14(19-8-12)21-9-13(18)15(20-21)11-3-1-10(7-17)2-4-11/h1-6,8-9H,18H2. The minimum Gasteiger partial charge on any atom is -0.396 e. The van der Waals surface area contributed by atoms with Crippen LogP contribution in [0.4, 0.5) is 5.69 Å². The summed E-state index contributed by atoms with van der Waals surface area (Å²) in [5.41, 5.74) is 8.72. The average molecular weight is 340 g/mol. The Morgan fingerprint density at radius 3 is 2.52 bits per heavy atom. The molecule has 0 aliphatic heterocycles. The summed E-state index contributed by atoms with van der Waals surface area (Å²) >= 11 is 3.34. The van der Waals surface area contributed by atoms with Gasteiger partial charge in [-0.3, -0.25) is 0 Å². The van der Waals surface area contributed by atoms with Gasteiger partial charge in [-0.05, 0) is 40.2 Å². The van der Waals surface area contributed by atoms with Gasteiger partial charge in [-0.2, -0.15) is 10.4 Å². The molecule has 21 heavy (non-hydrogen) atoms. The van der Waals surface area contributed by atoms with Crippen molar-refractivity contribution >= 4 is 21.6 Å². The fourth-order valence-corrected chi connectivity index (χ4v) is 2.17. The maximum Gasteiger partial charge on any atom is 0.153 e. The summed E-state index contributed by atoms with van der Waals surface area (Å²) in [5.74, 6) is 0.685. The van der Waals surface area contributed by atoms with Gasteiger partial charge in [0.25, 0.3) is 0 Å². The minimum absolute atomic E-state index is 0.560. The van der Waals surface area contributed by atoms with Gasteiger partial charge in [0.05, 0.1) is 23.5 Å². The van der Waals surface area contributed by atoms with Crippen LogP contribution in [-0.4, -0.2) is 14.8 Å². The van der Waals surface area contributed by atoms with Gasteiger partial charge in [-0.25, -0.2) is 9.67 Å². The van der Waals surface area contributed by atoms with E-state index in [1.807, 2.05) is 24.3 Å². The fraction of sp³-hybridized carbons (Fsp3) is 0. The van der Waals surface area contributed by atoms with Crippen molar-refractivity contribution in [2.24, 2.45) is 0 Å². The van der Waals surface area contributed by atoms with Crippen LogP contribution in [0, 0.1) is 11.3 Å². The number of rotatable bonds is 2. The molecule has 0 saturated heterocycles. The summed E-state index contributed by atoms with van der Waals surface area (Å²) in [6.45, 7) is 0. The Balaban J connectivity index is 2.01. The highest BCUT2D eigenvalue weighted by atomic mass is 79.9. The maximum atomic E-state index is 8.82. The molecule has 0 aliphatic carbocycles. The zero-order valence-electron chi connectivity index (χ0n) is 10.9. The third-order valence-corrected chi connectivity index (χ3v) is 3.45. The molecule has 0 fully saturated rings. The number of hydrogen-bond acceptors (Lipinski definition) is 4. The highest BCUT2D eigenvalue weighted by Crippen LogP contribution is 2.25. The zero-order valence-corrected chi connectivity index (χ0v) is 12.4. The number of anilines is 1. The summed E-state index contributed by atoms with van der Waals surface area (Å²) in [6, 6.07) is 13.0. The lowest BCUT2D eigenvalue weighted by molar-refractivity contribution is 0.849. The van der Waals surface area contributed by atoms with Gasteiger partial charge in [0.2, 0.25) is 0 Å². The number of benzene rings is 1. The topological polar surface area (TPSA) is 80.5 Å². The first-order chi connectivity index (χ1) is 10.2. The molecular weight excluding hydrogens is 330 g/mol. The lowest BCUT2D eigenvalue weighted by Gasteiger charge is -2.00. The van der Waals surface area contributed by atoms with Gasteiger partial charge in [-0.15, -0.1) is 0 Å². The zero-order chi connectivity index (χ0) is 14.8. The molecule has 0 unspecified atom stereocenters. The summed E-state index contributed by atoms with van der Waals surface area (Å²) in [5, 5.41) is 13.3. The summed E-state index contributed by atoms with van der Waals surface area (Å²) in [7, 11) is 0. The van der Waals surface area contributed by atoms with E-state index in [9.17, 15) is 0 Å². The number of halogens is 1. The molecule has 0 amide bonds. The first-order valence-corrected chi connectivity index (χ1v) is 6.94. The minimum atomic E-state index is 0.560. The second-order valence-corrected chi connectivity index (χ2v) is 5.32. The molecule has 0 radical (unpaired) electrons. The SMILES string of the molecule is N#Cc1ccc(-c2nn(-c3ccc(Br)cn3)cc2N)cc1. The van der Waals surface area contributed by atoms with Crippen molar-refractivity contribution < 1.29 is 0 Å². The van der Waals surface area contributed by atoms with Gasteiger partial charge in [0.15, 0.2) is 5.82 Å². The van der Waals surface area contributed by atoms with E-state index in [2.05, 4.69) is 32.1 Å². The van der Waals surface area contributed by atoms with Crippen molar-refractivity contribution in [2.75, 3.05) is 5.73 Å². The van der Waals surface area contributed by atoms with Crippen molar-refractivity contribution in [1.82, 2.24) is 14.8 Å². The second kappa shape index (κ2) is 5.38. The van der Waals surface area contributed by atoms with Gasteiger partial charge in [0.1, 0.15) is 5.69 Å². The van der Waals surface area contributed by atoms with Crippen molar-refractivity contribution in [3.05, 3.63) is 58.8 Å². The Bertz CT molecular complexity index is 813. The highest BCUT2D eigenvalue weighted by Gasteiger charge is 2.10. The summed E-state index contributed by atoms with van der Waals surface area (Å²) < 4.78 is 2.54. The second-order valence-electron chi connectivity index (χ2n) is 4.40. The molecule has 6 heteroatoms. The van der Waals surface area contributed by atoms with Crippen LogP contribution in [0.1, 0.15) is 5.56 Å². The van der Waals surface area contributed by atoms with E-state index >= 15 is 0 Å². The Kier molecular flexibility index (Phi) is 3.42. The van der Waals surface area contributed by atoms with Crippen LogP contribution in [0.15, 0.2) is 53.3 Å². The Labute approximate surface area is 129 Å². The molecule has 0 bridgehead atoms. The predicted molar refractivity (Wildman–Crippen MR) is 83.6 cm³/mol. The van der Waals surface area contributed by atoms with Crippen LogP contribution < -0.4 is 5.73 Å². The molecule has 2 N–H and O–H groups in total. The molecule has 102 valence electrons. The molecule has 5 nitrogen and oxygen atoms in total. The largest absolute Gasteiger partial charge is 0.396 e. The molecule has 0 saturated carbocycles. The molecule has 1 aromatic carbocycles. The quantitative estimate of drug-likeness (QED) is 0.777. The van der Waals surface area contributed by atoms with E-state index in [1.165, 1.54) is 0 Å². The molecule has 0 atom stereocenters. The van der Waals surface area contributed by atoms with Crippen LogP contribution in [0.2, 0.25) is 0 Å². The number of nitriles is 1. The molecule has 3 rings (SSSR count). The summed E-state index contributed by atoms with van der Waals surface area (Å²) in [4.78, 5) is 4.28. The molecule has 2 aromatic heterocycles. The predicted octanol–water partition coefficient (Wildman–Crippen LogP) is 3.15. The van der Waals surface area contributed by atoms with E-state index in [4.69, 9.17) is 11.0 Å². The number of nitrogen functional groups attached to an aromatic ring is 1. The lowest BCUT2D eigenvalue weighted by Crippen LogP contribution is -1.97. The van der Waals surface area contributed by atoms with E-state index in [0.29, 0.717) is 22.8 Å². The third kappa shape index (κ3) is 2.64. The normalized spacial score (nSPS) is 10.3. The van der Waals surface area contributed by atoms with Crippen molar-refractivity contribution in [1.29, 1.82) is 5.26 Å². The van der Waals surface area contributed by atoms with Crippen LogP contribution >= 0.6 is 15.9 Å². The summed E-state index contributed by atoms with van der Waals surface area (Å²) in [6.07, 6.45) is 3.43. The van der Waals surface area contributed by atoms with Crippen molar-refractivity contribution in [3.8, 4) is 23.1 Å². The van der Waals surface area contributed by atoms with Gasteiger partial charge >= 0.3 is 0 Å². The molecule has 0 spiro atoms. The highest BCUT2D eigenvalue weighted by molar-refractivity contribution is 9.10. The Hall–Kier alpha value is -2.65. The van der Waals surface area contributed by atoms with E-state index in [-0.39, 0.29) is 0 Å². The molecular formula is C15H10BrN5. The number of nitrogens with two attached hydrogens (primary N) is 1. The Morgan fingerprint density at radius 1 is 1.14 bits per heavy atom. The monoisotopic (exact) mass is 339 g/mol. The smallest absolute Gasteiger partial charge is 0.153 e.